The monoisotopic (exact) mass is 305 g/mol. The number of ether oxygens (including phenoxy) is 1. The molecule has 2 N–H and O–H groups in total. The summed E-state index contributed by atoms with van der Waals surface area (Å²) in [4.78, 5) is 14.5. The minimum absolute atomic E-state index is 0.154. The van der Waals surface area contributed by atoms with Crippen LogP contribution in [0.15, 0.2) is 30.3 Å². The normalized spacial score (nSPS) is 30.8. The second-order valence-electron chi connectivity index (χ2n) is 6.38. The Morgan fingerprint density at radius 1 is 1.18 bits per heavy atom. The Labute approximate surface area is 130 Å². The molecule has 2 fully saturated rings. The van der Waals surface area contributed by atoms with Gasteiger partial charge < -0.3 is 19.8 Å². The number of hydrogen-bond acceptors (Lipinski definition) is 5. The molecule has 22 heavy (non-hydrogen) atoms. The van der Waals surface area contributed by atoms with Gasteiger partial charge in [-0.05, 0) is 38.3 Å². The van der Waals surface area contributed by atoms with Gasteiger partial charge in [-0.15, -0.1) is 0 Å². The molecule has 1 aromatic carbocycles. The summed E-state index contributed by atoms with van der Waals surface area (Å²) in [6, 6.07) is 9.61. The number of aliphatic hydroxyl groups is 2. The van der Waals surface area contributed by atoms with Gasteiger partial charge in [0.2, 0.25) is 0 Å². The molecule has 2 aliphatic heterocycles. The van der Waals surface area contributed by atoms with Crippen LogP contribution in [0.25, 0.3) is 0 Å². The largest absolute Gasteiger partial charge is 0.460 e. The maximum atomic E-state index is 12.1. The lowest BCUT2D eigenvalue weighted by Crippen LogP contribution is -2.44. The van der Waals surface area contributed by atoms with Crippen molar-refractivity contribution >= 4 is 5.97 Å². The molecule has 0 amide bonds. The predicted octanol–water partition coefficient (Wildman–Crippen LogP) is 1.25. The number of esters is 1. The molecule has 2 saturated heterocycles. The van der Waals surface area contributed by atoms with Gasteiger partial charge in [-0.1, -0.05) is 30.3 Å². The van der Waals surface area contributed by atoms with Crippen molar-refractivity contribution in [1.82, 2.24) is 4.90 Å². The Bertz CT molecular complexity index is 507. The van der Waals surface area contributed by atoms with Crippen molar-refractivity contribution in [1.29, 1.82) is 0 Å². The zero-order valence-electron chi connectivity index (χ0n) is 12.8. The third kappa shape index (κ3) is 3.02. The summed E-state index contributed by atoms with van der Waals surface area (Å²) in [5.74, 6) is -0.731. The fourth-order valence-corrected chi connectivity index (χ4v) is 3.65. The van der Waals surface area contributed by atoms with Crippen LogP contribution in [0, 0.1) is 0 Å². The van der Waals surface area contributed by atoms with E-state index in [4.69, 9.17) is 4.74 Å². The Hall–Kier alpha value is -1.43. The number of benzene rings is 1. The molecule has 5 nitrogen and oxygen atoms in total. The van der Waals surface area contributed by atoms with Crippen molar-refractivity contribution in [2.24, 2.45) is 0 Å². The molecule has 5 heteroatoms. The Morgan fingerprint density at radius 3 is 2.36 bits per heavy atom. The van der Waals surface area contributed by atoms with Crippen LogP contribution in [-0.4, -0.2) is 52.4 Å². The summed E-state index contributed by atoms with van der Waals surface area (Å²) in [6.45, 7) is 0. The van der Waals surface area contributed by atoms with E-state index in [1.165, 1.54) is 0 Å². The fraction of sp³-hybridized carbons (Fsp3) is 0.588. The zero-order chi connectivity index (χ0) is 15.7. The topological polar surface area (TPSA) is 70.0 Å². The highest BCUT2D eigenvalue weighted by Crippen LogP contribution is 2.35. The molecule has 0 spiro atoms. The van der Waals surface area contributed by atoms with Gasteiger partial charge in [0.05, 0.1) is 0 Å². The van der Waals surface area contributed by atoms with Gasteiger partial charge in [0, 0.05) is 12.1 Å². The molecular formula is C17H23NO4. The van der Waals surface area contributed by atoms with Gasteiger partial charge in [0.15, 0.2) is 6.10 Å². The van der Waals surface area contributed by atoms with Gasteiger partial charge >= 0.3 is 5.97 Å². The standard InChI is InChI=1S/C17H23NO4/c1-18-12-7-8-13(18)10-14(9-12)22-17(21)16(20)15(19)11-5-3-2-4-6-11/h2-6,12-16,19-20H,7-10H2,1H3. The maximum absolute atomic E-state index is 12.1. The highest BCUT2D eigenvalue weighted by atomic mass is 16.6. The minimum atomic E-state index is -1.54. The van der Waals surface area contributed by atoms with E-state index in [0.29, 0.717) is 17.6 Å². The first-order chi connectivity index (χ1) is 10.6. The van der Waals surface area contributed by atoms with Gasteiger partial charge in [-0.2, -0.15) is 0 Å². The van der Waals surface area contributed by atoms with E-state index >= 15 is 0 Å². The average molecular weight is 305 g/mol. The number of nitrogens with zero attached hydrogens (tertiary/aromatic N) is 1. The maximum Gasteiger partial charge on any atom is 0.338 e. The van der Waals surface area contributed by atoms with Crippen LogP contribution in [-0.2, 0) is 9.53 Å². The first-order valence-electron chi connectivity index (χ1n) is 7.89. The third-order valence-electron chi connectivity index (χ3n) is 5.02. The first kappa shape index (κ1) is 15.5. The van der Waals surface area contributed by atoms with Crippen molar-refractivity contribution in [2.45, 2.75) is 56.1 Å². The quantitative estimate of drug-likeness (QED) is 0.819. The van der Waals surface area contributed by atoms with Crippen molar-refractivity contribution < 1.29 is 19.7 Å². The molecule has 0 radical (unpaired) electrons. The fourth-order valence-electron chi connectivity index (χ4n) is 3.65. The lowest BCUT2D eigenvalue weighted by atomic mass is 10.00. The van der Waals surface area contributed by atoms with Crippen molar-refractivity contribution in [3.63, 3.8) is 0 Å². The first-order valence-corrected chi connectivity index (χ1v) is 7.89. The van der Waals surface area contributed by atoms with Gasteiger partial charge in [-0.3, -0.25) is 0 Å². The van der Waals surface area contributed by atoms with E-state index in [-0.39, 0.29) is 6.10 Å². The van der Waals surface area contributed by atoms with Gasteiger partial charge in [0.25, 0.3) is 0 Å². The van der Waals surface area contributed by atoms with E-state index in [1.807, 2.05) is 6.07 Å². The molecule has 2 heterocycles. The number of carbonyl (C=O) groups excluding carboxylic acids is 1. The van der Waals surface area contributed by atoms with Crippen LogP contribution in [0.1, 0.15) is 37.4 Å². The molecule has 3 rings (SSSR count). The number of piperidine rings is 1. The molecular weight excluding hydrogens is 282 g/mol. The van der Waals surface area contributed by atoms with Crippen molar-refractivity contribution in [3.8, 4) is 0 Å². The molecule has 1 aromatic rings. The lowest BCUT2D eigenvalue weighted by molar-refractivity contribution is -0.168. The van der Waals surface area contributed by atoms with Crippen LogP contribution >= 0.6 is 0 Å². The number of carbonyl (C=O) groups is 1. The Morgan fingerprint density at radius 2 is 1.77 bits per heavy atom. The molecule has 4 atom stereocenters. The smallest absolute Gasteiger partial charge is 0.338 e. The summed E-state index contributed by atoms with van der Waals surface area (Å²) >= 11 is 0. The summed E-state index contributed by atoms with van der Waals surface area (Å²) in [7, 11) is 2.12. The molecule has 0 aromatic heterocycles. The number of hydrogen-bond donors (Lipinski definition) is 2. The molecule has 2 bridgehead atoms. The third-order valence-corrected chi connectivity index (χ3v) is 5.02. The summed E-state index contributed by atoms with van der Waals surface area (Å²) in [5, 5.41) is 20.1. The van der Waals surface area contributed by atoms with Crippen LogP contribution in [0.4, 0.5) is 0 Å². The second kappa shape index (κ2) is 6.36. The highest BCUT2D eigenvalue weighted by Gasteiger charge is 2.40. The minimum Gasteiger partial charge on any atom is -0.460 e. The number of rotatable bonds is 4. The summed E-state index contributed by atoms with van der Waals surface area (Å²) in [5.41, 5.74) is 0.510. The van der Waals surface area contributed by atoms with Gasteiger partial charge in [0.1, 0.15) is 12.2 Å². The molecule has 0 aliphatic carbocycles. The Kier molecular flexibility index (Phi) is 4.47. The van der Waals surface area contributed by atoms with E-state index in [1.54, 1.807) is 24.3 Å². The van der Waals surface area contributed by atoms with Crippen molar-refractivity contribution in [2.75, 3.05) is 7.05 Å². The van der Waals surface area contributed by atoms with Crippen molar-refractivity contribution in [3.05, 3.63) is 35.9 Å². The molecule has 4 unspecified atom stereocenters. The van der Waals surface area contributed by atoms with E-state index in [2.05, 4.69) is 11.9 Å². The molecule has 2 aliphatic rings. The van der Waals surface area contributed by atoms with Crippen LogP contribution in [0.2, 0.25) is 0 Å². The lowest BCUT2D eigenvalue weighted by Gasteiger charge is -2.36. The van der Waals surface area contributed by atoms with E-state index in [9.17, 15) is 15.0 Å². The molecule has 120 valence electrons. The van der Waals surface area contributed by atoms with Gasteiger partial charge in [-0.25, -0.2) is 4.79 Å². The summed E-state index contributed by atoms with van der Waals surface area (Å²) < 4.78 is 5.45. The average Bonchev–Trinajstić information content (AvgIpc) is 2.76. The highest BCUT2D eigenvalue weighted by molar-refractivity contribution is 5.75. The Balaban J connectivity index is 1.58. The van der Waals surface area contributed by atoms with E-state index < -0.39 is 18.2 Å². The zero-order valence-corrected chi connectivity index (χ0v) is 12.8. The second-order valence-corrected chi connectivity index (χ2v) is 6.38. The number of fused-ring (bicyclic) bond motifs is 2. The predicted molar refractivity (Wildman–Crippen MR) is 81.1 cm³/mol. The summed E-state index contributed by atoms with van der Waals surface area (Å²) in [6.07, 6.45) is 0.962. The SMILES string of the molecule is CN1C2CCC1CC(OC(=O)C(O)C(O)c1ccccc1)C2. The van der Waals surface area contributed by atoms with E-state index in [0.717, 1.165) is 25.7 Å². The van der Waals surface area contributed by atoms with Crippen LogP contribution in [0.5, 0.6) is 0 Å². The number of aliphatic hydroxyl groups excluding tert-OH is 2. The molecule has 0 saturated carbocycles. The van der Waals surface area contributed by atoms with Crippen LogP contribution < -0.4 is 0 Å². The van der Waals surface area contributed by atoms with Crippen LogP contribution in [0.3, 0.4) is 0 Å².